The Hall–Kier alpha value is -2.81. The highest BCUT2D eigenvalue weighted by molar-refractivity contribution is 6.01. The van der Waals surface area contributed by atoms with Crippen LogP contribution in [0.3, 0.4) is 0 Å². The van der Waals surface area contributed by atoms with E-state index < -0.39 is 0 Å². The van der Waals surface area contributed by atoms with Gasteiger partial charge in [-0.05, 0) is 34.9 Å². The molecule has 122 valence electrons. The smallest absolute Gasteiger partial charge is 0.255 e. The maximum absolute atomic E-state index is 12.8. The highest BCUT2D eigenvalue weighted by Gasteiger charge is 2.18. The molecule has 1 N–H and O–H groups in total. The van der Waals surface area contributed by atoms with Gasteiger partial charge < -0.3 is 10.1 Å². The largest absolute Gasteiger partial charge is 0.496 e. The van der Waals surface area contributed by atoms with Gasteiger partial charge in [-0.25, -0.2) is 0 Å². The molecule has 1 amide bonds. The fourth-order valence-electron chi connectivity index (χ4n) is 2.91. The fourth-order valence-corrected chi connectivity index (χ4v) is 2.91. The van der Waals surface area contributed by atoms with Crippen LogP contribution >= 0.6 is 0 Å². The van der Waals surface area contributed by atoms with E-state index in [1.807, 2.05) is 66.7 Å². The van der Waals surface area contributed by atoms with Gasteiger partial charge in [-0.2, -0.15) is 0 Å². The first kappa shape index (κ1) is 16.1. The lowest BCUT2D eigenvalue weighted by Crippen LogP contribution is -2.28. The number of hydrogen-bond donors (Lipinski definition) is 1. The normalized spacial score (nSPS) is 11.9. The van der Waals surface area contributed by atoms with E-state index in [-0.39, 0.29) is 11.9 Å². The molecule has 1 atom stereocenters. The molecule has 24 heavy (non-hydrogen) atoms. The van der Waals surface area contributed by atoms with E-state index in [4.69, 9.17) is 4.74 Å². The Morgan fingerprint density at radius 2 is 1.62 bits per heavy atom. The zero-order valence-electron chi connectivity index (χ0n) is 14.0. The third kappa shape index (κ3) is 3.25. The second kappa shape index (κ2) is 7.18. The summed E-state index contributed by atoms with van der Waals surface area (Å²) >= 11 is 0. The van der Waals surface area contributed by atoms with Gasteiger partial charge in [0.1, 0.15) is 5.75 Å². The summed E-state index contributed by atoms with van der Waals surface area (Å²) in [4.78, 5) is 12.8. The maximum atomic E-state index is 12.8. The van der Waals surface area contributed by atoms with Crippen molar-refractivity contribution in [2.24, 2.45) is 0 Å². The average Bonchev–Trinajstić information content (AvgIpc) is 2.65. The SMILES string of the molecule is CCC(NC(=O)c1cc2ccccc2cc1OC)c1ccccc1. The van der Waals surface area contributed by atoms with Gasteiger partial charge >= 0.3 is 0 Å². The van der Waals surface area contributed by atoms with Crippen LogP contribution in [0.4, 0.5) is 0 Å². The number of nitrogens with one attached hydrogen (secondary N) is 1. The van der Waals surface area contributed by atoms with Crippen LogP contribution in [0.1, 0.15) is 35.3 Å². The molecule has 0 fully saturated rings. The number of hydrogen-bond acceptors (Lipinski definition) is 2. The Morgan fingerprint density at radius 1 is 1.00 bits per heavy atom. The van der Waals surface area contributed by atoms with E-state index in [0.29, 0.717) is 11.3 Å². The van der Waals surface area contributed by atoms with Crippen molar-refractivity contribution < 1.29 is 9.53 Å². The van der Waals surface area contributed by atoms with Crippen molar-refractivity contribution in [3.8, 4) is 5.75 Å². The summed E-state index contributed by atoms with van der Waals surface area (Å²) in [6.07, 6.45) is 0.825. The van der Waals surface area contributed by atoms with E-state index in [0.717, 1.165) is 22.8 Å². The predicted molar refractivity (Wildman–Crippen MR) is 97.4 cm³/mol. The molecule has 0 aliphatic rings. The van der Waals surface area contributed by atoms with Crippen molar-refractivity contribution in [2.75, 3.05) is 7.11 Å². The van der Waals surface area contributed by atoms with Crippen LogP contribution in [-0.2, 0) is 0 Å². The third-order valence-electron chi connectivity index (χ3n) is 4.23. The summed E-state index contributed by atoms with van der Waals surface area (Å²) in [5.41, 5.74) is 1.67. The van der Waals surface area contributed by atoms with Gasteiger partial charge in [-0.1, -0.05) is 61.5 Å². The van der Waals surface area contributed by atoms with Gasteiger partial charge in [-0.3, -0.25) is 4.79 Å². The predicted octanol–water partition coefficient (Wildman–Crippen LogP) is 4.73. The number of carbonyl (C=O) groups is 1. The number of fused-ring (bicyclic) bond motifs is 1. The highest BCUT2D eigenvalue weighted by atomic mass is 16.5. The van der Waals surface area contributed by atoms with Gasteiger partial charge in [0.15, 0.2) is 0 Å². The summed E-state index contributed by atoms with van der Waals surface area (Å²) < 4.78 is 5.43. The van der Waals surface area contributed by atoms with Crippen LogP contribution in [0, 0.1) is 0 Å². The first-order chi connectivity index (χ1) is 11.7. The molecule has 0 saturated heterocycles. The molecule has 0 aliphatic carbocycles. The third-order valence-corrected chi connectivity index (χ3v) is 4.23. The second-order valence-corrected chi connectivity index (χ2v) is 5.74. The minimum atomic E-state index is -0.117. The van der Waals surface area contributed by atoms with Crippen LogP contribution in [-0.4, -0.2) is 13.0 Å². The number of amides is 1. The first-order valence-electron chi connectivity index (χ1n) is 8.15. The minimum Gasteiger partial charge on any atom is -0.496 e. The van der Waals surface area contributed by atoms with Crippen LogP contribution in [0.2, 0.25) is 0 Å². The van der Waals surface area contributed by atoms with Gasteiger partial charge in [0, 0.05) is 0 Å². The lowest BCUT2D eigenvalue weighted by Gasteiger charge is -2.18. The molecule has 3 rings (SSSR count). The quantitative estimate of drug-likeness (QED) is 0.738. The van der Waals surface area contributed by atoms with Crippen molar-refractivity contribution in [3.05, 3.63) is 77.9 Å². The van der Waals surface area contributed by atoms with Crippen LogP contribution in [0.25, 0.3) is 10.8 Å². The van der Waals surface area contributed by atoms with E-state index in [9.17, 15) is 4.79 Å². The summed E-state index contributed by atoms with van der Waals surface area (Å²) in [5, 5.41) is 5.20. The molecule has 1 unspecified atom stereocenters. The zero-order chi connectivity index (χ0) is 16.9. The van der Waals surface area contributed by atoms with Crippen LogP contribution in [0.5, 0.6) is 5.75 Å². The van der Waals surface area contributed by atoms with Gasteiger partial charge in [0.2, 0.25) is 0 Å². The summed E-state index contributed by atoms with van der Waals surface area (Å²) in [7, 11) is 1.59. The molecule has 0 aliphatic heterocycles. The highest BCUT2D eigenvalue weighted by Crippen LogP contribution is 2.27. The van der Waals surface area contributed by atoms with E-state index in [1.165, 1.54) is 0 Å². The summed E-state index contributed by atoms with van der Waals surface area (Å²) in [6.45, 7) is 2.07. The van der Waals surface area contributed by atoms with E-state index >= 15 is 0 Å². The van der Waals surface area contributed by atoms with Crippen molar-refractivity contribution in [2.45, 2.75) is 19.4 Å². The Balaban J connectivity index is 1.92. The number of rotatable bonds is 5. The molecule has 3 nitrogen and oxygen atoms in total. The number of carbonyl (C=O) groups excluding carboxylic acids is 1. The van der Waals surface area contributed by atoms with Crippen molar-refractivity contribution in [3.63, 3.8) is 0 Å². The molecule has 3 heteroatoms. The first-order valence-corrected chi connectivity index (χ1v) is 8.15. The number of ether oxygens (including phenoxy) is 1. The zero-order valence-corrected chi connectivity index (χ0v) is 14.0. The maximum Gasteiger partial charge on any atom is 0.255 e. The summed E-state index contributed by atoms with van der Waals surface area (Å²) in [6, 6.07) is 21.8. The van der Waals surface area contributed by atoms with E-state index in [1.54, 1.807) is 7.11 Å². The Kier molecular flexibility index (Phi) is 4.80. The van der Waals surface area contributed by atoms with Crippen molar-refractivity contribution in [1.29, 1.82) is 0 Å². The van der Waals surface area contributed by atoms with E-state index in [2.05, 4.69) is 12.2 Å². The average molecular weight is 319 g/mol. The lowest BCUT2D eigenvalue weighted by molar-refractivity contribution is 0.0932. The second-order valence-electron chi connectivity index (χ2n) is 5.74. The van der Waals surface area contributed by atoms with Gasteiger partial charge in [-0.15, -0.1) is 0 Å². The minimum absolute atomic E-state index is 0.0186. The fraction of sp³-hybridized carbons (Fsp3) is 0.190. The molecular formula is C21H21NO2. The van der Waals surface area contributed by atoms with Gasteiger partial charge in [0.05, 0.1) is 18.7 Å². The molecule has 3 aromatic rings. The topological polar surface area (TPSA) is 38.3 Å². The van der Waals surface area contributed by atoms with Gasteiger partial charge in [0.25, 0.3) is 5.91 Å². The molecule has 0 spiro atoms. The molecule has 0 aromatic heterocycles. The number of methoxy groups -OCH3 is 1. The Morgan fingerprint density at radius 3 is 2.25 bits per heavy atom. The summed E-state index contributed by atoms with van der Waals surface area (Å²) in [5.74, 6) is 0.474. The van der Waals surface area contributed by atoms with Crippen LogP contribution < -0.4 is 10.1 Å². The molecule has 0 bridgehead atoms. The standard InChI is InChI=1S/C21H21NO2/c1-3-19(15-9-5-4-6-10-15)22-21(23)18-13-16-11-7-8-12-17(16)14-20(18)24-2/h4-14,19H,3H2,1-2H3,(H,22,23). The lowest BCUT2D eigenvalue weighted by atomic mass is 10.0. The number of benzene rings is 3. The monoisotopic (exact) mass is 319 g/mol. The molecule has 3 aromatic carbocycles. The van der Waals surface area contributed by atoms with Crippen molar-refractivity contribution in [1.82, 2.24) is 5.32 Å². The molecule has 0 saturated carbocycles. The Bertz CT molecular complexity index is 843. The molecular weight excluding hydrogens is 298 g/mol. The molecule has 0 radical (unpaired) electrons. The Labute approximate surface area is 142 Å². The van der Waals surface area contributed by atoms with Crippen molar-refractivity contribution >= 4 is 16.7 Å². The van der Waals surface area contributed by atoms with Crippen LogP contribution in [0.15, 0.2) is 66.7 Å². The molecule has 0 heterocycles.